The van der Waals surface area contributed by atoms with Crippen LogP contribution in [0.5, 0.6) is 11.5 Å². The zero-order chi connectivity index (χ0) is 30.5. The zero-order valence-corrected chi connectivity index (χ0v) is 22.1. The maximum absolute atomic E-state index is 10.7. The Bertz CT molecular complexity index is 1300. The third-order valence-electron chi connectivity index (χ3n) is 7.41. The van der Waals surface area contributed by atoms with Crippen LogP contribution in [0.1, 0.15) is 12.5 Å². The van der Waals surface area contributed by atoms with Gasteiger partial charge in [0.05, 0.1) is 29.9 Å². The topological polar surface area (TPSA) is 252 Å². The standard InChI is InChI=1S/C27H32O15/c1-9-19(32)21(34)23(36)26(39-9)38-8-18-20(33)22(35)24(37)27(42-18)41-17-7-12-14(30)5-11(28)6-16(12)40-25(17)10-2-3-13(29)15(31)4-10/h2-7,9,16,18-24,26-37H,8H2,1H3/p+1/t9-,16?,18+,19-,20+,21+,22-,23+,24+,26+,27+/m0/s1. The van der Waals surface area contributed by atoms with Crippen LogP contribution < -0.4 is 0 Å². The number of allylic oxidation sites excluding steroid dienone is 2. The second-order valence-corrected chi connectivity index (χ2v) is 10.4. The maximum Gasteiger partial charge on any atom is 0.305 e. The molecular formula is C27H33O15+. The van der Waals surface area contributed by atoms with Gasteiger partial charge in [-0.15, -0.1) is 0 Å². The van der Waals surface area contributed by atoms with Crippen LogP contribution in [0, 0.1) is 0 Å². The van der Waals surface area contributed by atoms with Gasteiger partial charge in [0.15, 0.2) is 17.8 Å². The molecule has 1 unspecified atom stereocenters. The number of hydrogen-bond donors (Lipinski definition) is 10. The smallest absolute Gasteiger partial charge is 0.305 e. The van der Waals surface area contributed by atoms with Gasteiger partial charge in [0.1, 0.15) is 54.2 Å². The molecule has 42 heavy (non-hydrogen) atoms. The van der Waals surface area contributed by atoms with Gasteiger partial charge < -0.3 is 74.7 Å². The molecule has 0 saturated carbocycles. The highest BCUT2D eigenvalue weighted by molar-refractivity contribution is 5.69. The summed E-state index contributed by atoms with van der Waals surface area (Å²) < 4.78 is 27.0. The molecule has 4 aliphatic rings. The Morgan fingerprint density at radius 1 is 0.786 bits per heavy atom. The highest BCUT2D eigenvalue weighted by Crippen LogP contribution is 2.38. The molecule has 0 bridgehead atoms. The van der Waals surface area contributed by atoms with E-state index in [1.165, 1.54) is 37.3 Å². The van der Waals surface area contributed by atoms with Crippen LogP contribution in [-0.2, 0) is 18.9 Å². The molecule has 0 spiro atoms. The molecule has 11 N–H and O–H groups in total. The molecule has 5 rings (SSSR count). The van der Waals surface area contributed by atoms with Gasteiger partial charge in [-0.05, 0) is 19.1 Å². The summed E-state index contributed by atoms with van der Waals surface area (Å²) in [6.45, 7) is 0.941. The van der Waals surface area contributed by atoms with E-state index in [1.807, 2.05) is 0 Å². The fourth-order valence-electron chi connectivity index (χ4n) is 4.95. The molecule has 11 atom stereocenters. The Balaban J connectivity index is 1.40. The minimum atomic E-state index is -1.80. The SMILES string of the molecule is C[C@@H]1O[C@@H](OC[C@H]2O[C@@H](OC3=C(c4ccc(O)c(O)c4)[OH+]C4C=C(O)C=C(O)C4=C3)[C@H](O)[C@@H](O)[C@@H]2O)[C@H](O)[C@H](O)[C@H]1O. The molecule has 1 aromatic carbocycles. The number of phenols is 2. The third kappa shape index (κ3) is 5.66. The van der Waals surface area contributed by atoms with E-state index >= 15 is 0 Å². The predicted octanol–water partition coefficient (Wildman–Crippen LogP) is -1.83. The number of aromatic hydroxyl groups is 2. The van der Waals surface area contributed by atoms with Crippen LogP contribution in [0.2, 0.25) is 0 Å². The molecule has 3 aliphatic heterocycles. The van der Waals surface area contributed by atoms with Crippen molar-refractivity contribution in [3.8, 4) is 11.5 Å². The van der Waals surface area contributed by atoms with Gasteiger partial charge in [-0.3, -0.25) is 0 Å². The molecule has 1 aromatic rings. The van der Waals surface area contributed by atoms with E-state index in [0.29, 0.717) is 0 Å². The molecule has 15 heteroatoms. The number of benzene rings is 1. The van der Waals surface area contributed by atoms with Gasteiger partial charge in [-0.2, -0.15) is 0 Å². The molecule has 2 fully saturated rings. The largest absolute Gasteiger partial charge is 0.571 e. The van der Waals surface area contributed by atoms with Crippen molar-refractivity contribution in [3.05, 3.63) is 64.8 Å². The highest BCUT2D eigenvalue weighted by atomic mass is 16.7. The number of ether oxygens (including phenoxy) is 5. The van der Waals surface area contributed by atoms with Crippen LogP contribution in [0.4, 0.5) is 0 Å². The lowest BCUT2D eigenvalue weighted by Crippen LogP contribution is -2.61. The molecular weight excluding hydrogens is 564 g/mol. The Hall–Kier alpha value is -3.38. The molecule has 3 heterocycles. The van der Waals surface area contributed by atoms with E-state index in [9.17, 15) is 51.1 Å². The van der Waals surface area contributed by atoms with Crippen LogP contribution in [0.25, 0.3) is 5.76 Å². The predicted molar refractivity (Wildman–Crippen MR) is 138 cm³/mol. The van der Waals surface area contributed by atoms with E-state index in [0.717, 1.165) is 6.08 Å². The minimum absolute atomic E-state index is 0.0577. The molecule has 15 nitrogen and oxygen atoms in total. The molecule has 0 radical (unpaired) electrons. The average molecular weight is 598 g/mol. The monoisotopic (exact) mass is 597 g/mol. The van der Waals surface area contributed by atoms with E-state index in [-0.39, 0.29) is 34.2 Å². The van der Waals surface area contributed by atoms with Crippen molar-refractivity contribution in [2.24, 2.45) is 0 Å². The number of aliphatic hydroxyl groups is 10. The van der Waals surface area contributed by atoms with Crippen molar-refractivity contribution in [3.63, 3.8) is 0 Å². The molecule has 230 valence electrons. The lowest BCUT2D eigenvalue weighted by molar-refractivity contribution is -0.323. The first-order chi connectivity index (χ1) is 19.8. The Labute approximate surface area is 238 Å². The van der Waals surface area contributed by atoms with Crippen LogP contribution >= 0.6 is 0 Å². The third-order valence-corrected chi connectivity index (χ3v) is 7.41. The first-order valence-corrected chi connectivity index (χ1v) is 13.0. The minimum Gasteiger partial charge on any atom is -0.571 e. The lowest BCUT2D eigenvalue weighted by Gasteiger charge is -2.42. The maximum atomic E-state index is 10.7. The van der Waals surface area contributed by atoms with E-state index in [4.69, 9.17) is 18.9 Å². The number of rotatable bonds is 6. The number of hydrogen-bond acceptors (Lipinski definition) is 14. The fourth-order valence-corrected chi connectivity index (χ4v) is 4.95. The second-order valence-electron chi connectivity index (χ2n) is 10.4. The molecule has 1 aliphatic carbocycles. The highest BCUT2D eigenvalue weighted by Gasteiger charge is 2.48. The van der Waals surface area contributed by atoms with Crippen LogP contribution in [-0.4, -0.2) is 130 Å². The Morgan fingerprint density at radius 2 is 1.48 bits per heavy atom. The first kappa shape index (κ1) is 30.1. The van der Waals surface area contributed by atoms with E-state index < -0.39 is 85.6 Å². The molecule has 2 saturated heterocycles. The van der Waals surface area contributed by atoms with Crippen LogP contribution in [0.3, 0.4) is 0 Å². The zero-order valence-electron chi connectivity index (χ0n) is 22.1. The first-order valence-electron chi connectivity index (χ1n) is 13.0. The Kier molecular flexibility index (Phi) is 8.39. The quantitative estimate of drug-likeness (QED) is 0.128. The molecule has 0 aromatic heterocycles. The van der Waals surface area contributed by atoms with Crippen molar-refractivity contribution < 1.29 is 74.7 Å². The van der Waals surface area contributed by atoms with E-state index in [2.05, 4.69) is 4.74 Å². The van der Waals surface area contributed by atoms with Gasteiger partial charge in [-0.1, -0.05) is 0 Å². The van der Waals surface area contributed by atoms with Gasteiger partial charge in [0.2, 0.25) is 18.2 Å². The van der Waals surface area contributed by atoms with Crippen LogP contribution in [0.15, 0.2) is 59.3 Å². The summed E-state index contributed by atoms with van der Waals surface area (Å²) in [7, 11) is 0. The summed E-state index contributed by atoms with van der Waals surface area (Å²) in [6, 6.07) is 3.80. The van der Waals surface area contributed by atoms with Gasteiger partial charge in [0, 0.05) is 18.2 Å². The fraction of sp³-hybridized carbons (Fsp3) is 0.481. The van der Waals surface area contributed by atoms with Crippen molar-refractivity contribution >= 4 is 5.76 Å². The Morgan fingerprint density at radius 3 is 2.19 bits per heavy atom. The summed E-state index contributed by atoms with van der Waals surface area (Å²) in [4.78, 5) is 0. The summed E-state index contributed by atoms with van der Waals surface area (Å²) in [6.07, 6.45) is -12.3. The van der Waals surface area contributed by atoms with Crippen molar-refractivity contribution in [1.29, 1.82) is 0 Å². The van der Waals surface area contributed by atoms with Gasteiger partial charge >= 0.3 is 5.76 Å². The second kappa shape index (κ2) is 11.7. The average Bonchev–Trinajstić information content (AvgIpc) is 2.95. The molecule has 0 amide bonds. The van der Waals surface area contributed by atoms with Crippen molar-refractivity contribution in [2.75, 3.05) is 6.61 Å². The normalized spacial score (nSPS) is 38.5. The summed E-state index contributed by atoms with van der Waals surface area (Å²) in [5.41, 5.74) is 0.445. The van der Waals surface area contributed by atoms with E-state index in [1.54, 1.807) is 0 Å². The summed E-state index contributed by atoms with van der Waals surface area (Å²) >= 11 is 0. The van der Waals surface area contributed by atoms with Gasteiger partial charge in [0.25, 0.3) is 0 Å². The van der Waals surface area contributed by atoms with Crippen molar-refractivity contribution in [1.82, 2.24) is 0 Å². The lowest BCUT2D eigenvalue weighted by atomic mass is 9.96. The summed E-state index contributed by atoms with van der Waals surface area (Å²) in [5, 5.41) is 102. The number of aliphatic hydroxyl groups excluding tert-OH is 8. The van der Waals surface area contributed by atoms with Crippen molar-refractivity contribution in [2.45, 2.75) is 74.4 Å². The number of fused-ring (bicyclic) bond motifs is 1. The number of phenolic OH excluding ortho intramolecular Hbond substituents is 2. The summed E-state index contributed by atoms with van der Waals surface area (Å²) in [5.74, 6) is -1.49. The van der Waals surface area contributed by atoms with Gasteiger partial charge in [-0.25, -0.2) is 0 Å².